The topological polar surface area (TPSA) is 147 Å². The minimum Gasteiger partial charge on any atom is -0.369 e. The number of sulfonamides is 1. The van der Waals surface area contributed by atoms with Crippen LogP contribution < -0.4 is 11.5 Å². The molecule has 4 N–H and O–H groups in total. The summed E-state index contributed by atoms with van der Waals surface area (Å²) in [5, 5.41) is 8.84. The zero-order chi connectivity index (χ0) is 16.2. The van der Waals surface area contributed by atoms with E-state index in [1.54, 1.807) is 0 Å². The van der Waals surface area contributed by atoms with E-state index < -0.39 is 34.9 Å². The monoisotopic (exact) mass is 310 g/mol. The Labute approximate surface area is 122 Å². The van der Waals surface area contributed by atoms with Crippen LogP contribution in [0.25, 0.3) is 0 Å². The smallest absolute Gasteiger partial charge is 0.244 e. The number of hydrogen-bond acceptors (Lipinski definition) is 5. The van der Waals surface area contributed by atoms with E-state index >= 15 is 0 Å². The highest BCUT2D eigenvalue weighted by Crippen LogP contribution is 2.21. The van der Waals surface area contributed by atoms with Crippen molar-refractivity contribution in [2.75, 3.05) is 13.1 Å². The van der Waals surface area contributed by atoms with Crippen molar-refractivity contribution < 1.29 is 18.0 Å². The molecule has 0 aliphatic carbocycles. The van der Waals surface area contributed by atoms with E-state index in [9.17, 15) is 18.0 Å². The van der Waals surface area contributed by atoms with Gasteiger partial charge < -0.3 is 11.5 Å². The average molecular weight is 310 g/mol. The molecule has 0 fully saturated rings. The number of benzene rings is 1. The molecule has 0 unspecified atom stereocenters. The number of primary amides is 2. The molecule has 8 nitrogen and oxygen atoms in total. The Morgan fingerprint density at radius 2 is 1.76 bits per heavy atom. The highest BCUT2D eigenvalue weighted by Gasteiger charge is 2.29. The highest BCUT2D eigenvalue weighted by molar-refractivity contribution is 7.89. The summed E-state index contributed by atoms with van der Waals surface area (Å²) < 4.78 is 25.6. The van der Waals surface area contributed by atoms with Gasteiger partial charge in [-0.2, -0.15) is 9.57 Å². The molecule has 1 aromatic rings. The quantitative estimate of drug-likeness (QED) is 0.679. The van der Waals surface area contributed by atoms with Crippen LogP contribution >= 0.6 is 0 Å². The molecule has 0 saturated heterocycles. The zero-order valence-corrected chi connectivity index (χ0v) is 12.1. The number of carbonyl (C=O) groups excluding carboxylic acids is 2. The molecule has 0 spiro atoms. The molecule has 0 aliphatic heterocycles. The molecule has 0 heterocycles. The number of nitrogens with two attached hydrogens (primary N) is 2. The Hall–Kier alpha value is -2.44. The van der Waals surface area contributed by atoms with E-state index in [1.165, 1.54) is 25.1 Å². The van der Waals surface area contributed by atoms with Crippen molar-refractivity contribution in [1.29, 1.82) is 5.26 Å². The van der Waals surface area contributed by atoms with E-state index in [0.29, 0.717) is 9.87 Å². The number of aryl methyl sites for hydroxylation is 1. The maximum Gasteiger partial charge on any atom is 0.244 e. The van der Waals surface area contributed by atoms with Crippen molar-refractivity contribution in [2.24, 2.45) is 11.5 Å². The van der Waals surface area contributed by atoms with Crippen molar-refractivity contribution in [3.63, 3.8) is 0 Å². The summed E-state index contributed by atoms with van der Waals surface area (Å²) in [5.41, 5.74) is 10.5. The first kappa shape index (κ1) is 16.6. The fourth-order valence-corrected chi connectivity index (χ4v) is 3.28. The zero-order valence-electron chi connectivity index (χ0n) is 11.2. The predicted molar refractivity (Wildman–Crippen MR) is 73.0 cm³/mol. The van der Waals surface area contributed by atoms with Crippen LogP contribution in [0.4, 0.5) is 0 Å². The predicted octanol–water partition coefficient (Wildman–Crippen LogP) is -1.17. The van der Waals surface area contributed by atoms with E-state index in [0.717, 1.165) is 0 Å². The lowest BCUT2D eigenvalue weighted by atomic mass is 10.2. The Bertz CT molecular complexity index is 705. The van der Waals surface area contributed by atoms with Gasteiger partial charge in [-0.3, -0.25) is 9.59 Å². The number of carbonyl (C=O) groups is 2. The lowest BCUT2D eigenvalue weighted by Gasteiger charge is -2.20. The minimum atomic E-state index is -4.17. The van der Waals surface area contributed by atoms with Crippen molar-refractivity contribution in [2.45, 2.75) is 11.8 Å². The normalized spacial score (nSPS) is 11.1. The number of rotatable bonds is 6. The third kappa shape index (κ3) is 4.01. The molecule has 0 aliphatic rings. The first-order valence-corrected chi connectivity index (χ1v) is 7.20. The summed E-state index contributed by atoms with van der Waals surface area (Å²) >= 11 is 0. The van der Waals surface area contributed by atoms with Gasteiger partial charge in [-0.1, -0.05) is 6.07 Å². The molecule has 0 saturated carbocycles. The first-order valence-electron chi connectivity index (χ1n) is 5.76. The first-order chi connectivity index (χ1) is 9.68. The molecule has 0 aromatic heterocycles. The largest absolute Gasteiger partial charge is 0.369 e. The van der Waals surface area contributed by atoms with Crippen LogP contribution in [0, 0.1) is 18.3 Å². The second kappa shape index (κ2) is 6.34. The molecule has 0 atom stereocenters. The van der Waals surface area contributed by atoms with E-state index in [1.807, 2.05) is 6.07 Å². The molecule has 0 radical (unpaired) electrons. The van der Waals surface area contributed by atoms with Crippen LogP contribution in [-0.4, -0.2) is 37.6 Å². The number of hydrogen-bond donors (Lipinski definition) is 2. The van der Waals surface area contributed by atoms with Gasteiger partial charge in [0.2, 0.25) is 21.8 Å². The van der Waals surface area contributed by atoms with Crippen LogP contribution in [0.3, 0.4) is 0 Å². The van der Waals surface area contributed by atoms with Crippen LogP contribution in [0.15, 0.2) is 23.1 Å². The van der Waals surface area contributed by atoms with E-state index in [-0.39, 0.29) is 10.5 Å². The summed E-state index contributed by atoms with van der Waals surface area (Å²) in [5.74, 6) is -1.84. The molecule has 2 amide bonds. The van der Waals surface area contributed by atoms with Crippen molar-refractivity contribution >= 4 is 21.8 Å². The summed E-state index contributed by atoms with van der Waals surface area (Å²) in [6.45, 7) is 0.170. The fraction of sp³-hybridized carbons (Fsp3) is 0.250. The summed E-state index contributed by atoms with van der Waals surface area (Å²) in [6.07, 6.45) is 0. The van der Waals surface area contributed by atoms with E-state index in [2.05, 4.69) is 0 Å². The molecular weight excluding hydrogens is 296 g/mol. The third-order valence-electron chi connectivity index (χ3n) is 2.60. The Balaban J connectivity index is 3.38. The van der Waals surface area contributed by atoms with Gasteiger partial charge >= 0.3 is 0 Å². The van der Waals surface area contributed by atoms with Crippen LogP contribution in [0.1, 0.15) is 11.1 Å². The minimum absolute atomic E-state index is 0.136. The summed E-state index contributed by atoms with van der Waals surface area (Å²) in [7, 11) is -4.17. The van der Waals surface area contributed by atoms with E-state index in [4.69, 9.17) is 16.7 Å². The average Bonchev–Trinajstić information content (AvgIpc) is 2.37. The van der Waals surface area contributed by atoms with Gasteiger partial charge in [0.05, 0.1) is 29.6 Å². The molecule has 1 rings (SSSR count). The second-order valence-electron chi connectivity index (χ2n) is 4.30. The molecular formula is C12H14N4O4S. The van der Waals surface area contributed by atoms with Gasteiger partial charge in [0.1, 0.15) is 0 Å². The van der Waals surface area contributed by atoms with Crippen LogP contribution in [0.2, 0.25) is 0 Å². The summed E-state index contributed by atoms with van der Waals surface area (Å²) in [6, 6.07) is 5.90. The number of nitriles is 1. The second-order valence-corrected chi connectivity index (χ2v) is 6.20. The lowest BCUT2D eigenvalue weighted by Crippen LogP contribution is -2.43. The van der Waals surface area contributed by atoms with Gasteiger partial charge in [0.25, 0.3) is 0 Å². The molecule has 112 valence electrons. The maximum atomic E-state index is 12.5. The number of amides is 2. The summed E-state index contributed by atoms with van der Waals surface area (Å²) in [4.78, 5) is 21.8. The molecule has 1 aromatic carbocycles. The standard InChI is InChI=1S/C12H14N4O4S/c1-8-2-3-9(5-13)4-10(8)21(19,20)16(6-11(14)17)7-12(15)18/h2-4H,6-7H2,1H3,(H2,14,17)(H2,15,18). The Morgan fingerprint density at radius 3 is 2.19 bits per heavy atom. The van der Waals surface area contributed by atoms with Crippen molar-refractivity contribution in [3.8, 4) is 6.07 Å². The van der Waals surface area contributed by atoms with Gasteiger partial charge in [-0.05, 0) is 24.6 Å². The van der Waals surface area contributed by atoms with Crippen molar-refractivity contribution in [3.05, 3.63) is 29.3 Å². The Kier molecular flexibility index (Phi) is 5.02. The van der Waals surface area contributed by atoms with Crippen LogP contribution in [-0.2, 0) is 19.6 Å². The van der Waals surface area contributed by atoms with Crippen molar-refractivity contribution in [1.82, 2.24) is 4.31 Å². The lowest BCUT2D eigenvalue weighted by molar-refractivity contribution is -0.120. The Morgan fingerprint density at radius 1 is 1.24 bits per heavy atom. The molecule has 0 bridgehead atoms. The van der Waals surface area contributed by atoms with Crippen LogP contribution in [0.5, 0.6) is 0 Å². The fourth-order valence-electron chi connectivity index (χ4n) is 1.66. The third-order valence-corrected chi connectivity index (χ3v) is 4.53. The SMILES string of the molecule is Cc1ccc(C#N)cc1S(=O)(=O)N(CC(N)=O)CC(N)=O. The molecule has 21 heavy (non-hydrogen) atoms. The van der Waals surface area contributed by atoms with Gasteiger partial charge in [-0.25, -0.2) is 8.42 Å². The van der Waals surface area contributed by atoms with Gasteiger partial charge in [0, 0.05) is 0 Å². The highest BCUT2D eigenvalue weighted by atomic mass is 32.2. The van der Waals surface area contributed by atoms with Gasteiger partial charge in [-0.15, -0.1) is 0 Å². The number of nitrogens with zero attached hydrogens (tertiary/aromatic N) is 2. The van der Waals surface area contributed by atoms with Gasteiger partial charge in [0.15, 0.2) is 0 Å². The maximum absolute atomic E-state index is 12.5. The molecule has 9 heteroatoms.